The number of hydrogen-bond donors (Lipinski definition) is 1. The van der Waals surface area contributed by atoms with Gasteiger partial charge in [0, 0.05) is 45.1 Å². The topological polar surface area (TPSA) is 97.6 Å². The van der Waals surface area contributed by atoms with Crippen molar-refractivity contribution in [3.05, 3.63) is 35.7 Å². The lowest BCUT2D eigenvalue weighted by Crippen LogP contribution is -2.44. The highest BCUT2D eigenvalue weighted by Crippen LogP contribution is 2.19. The van der Waals surface area contributed by atoms with Crippen LogP contribution in [0.15, 0.2) is 28.8 Å². The first-order valence-electron chi connectivity index (χ1n) is 9.01. The first-order valence-corrected chi connectivity index (χ1v) is 9.01. The van der Waals surface area contributed by atoms with Gasteiger partial charge in [0.1, 0.15) is 6.61 Å². The van der Waals surface area contributed by atoms with Crippen molar-refractivity contribution in [2.45, 2.75) is 26.3 Å². The minimum atomic E-state index is -0.0572. The van der Waals surface area contributed by atoms with Crippen LogP contribution >= 0.6 is 0 Å². The van der Waals surface area contributed by atoms with Crippen molar-refractivity contribution in [2.75, 3.05) is 26.8 Å². The Morgan fingerprint density at radius 3 is 2.56 bits per heavy atom. The fourth-order valence-electron chi connectivity index (χ4n) is 3.13. The maximum absolute atomic E-state index is 12.4. The van der Waals surface area contributed by atoms with Crippen LogP contribution in [0.3, 0.4) is 0 Å². The number of rotatable bonds is 6. The quantitative estimate of drug-likeness (QED) is 0.826. The predicted octanol–water partition coefficient (Wildman–Crippen LogP) is 1.55. The highest BCUT2D eigenvalue weighted by atomic mass is 16.5. The normalized spacial score (nSPS) is 15.0. The lowest BCUT2D eigenvalue weighted by atomic mass is 9.95. The van der Waals surface area contributed by atoms with Crippen LogP contribution in [-0.2, 0) is 20.9 Å². The van der Waals surface area contributed by atoms with Crippen LogP contribution in [0.5, 0.6) is 0 Å². The number of benzene rings is 1. The van der Waals surface area contributed by atoms with E-state index in [1.54, 1.807) is 11.8 Å². The first-order chi connectivity index (χ1) is 13.1. The van der Waals surface area contributed by atoms with E-state index in [0.717, 1.165) is 11.1 Å². The molecule has 0 atom stereocenters. The molecule has 1 fully saturated rings. The second-order valence-electron chi connectivity index (χ2n) is 6.64. The summed E-state index contributed by atoms with van der Waals surface area (Å²) in [5.74, 6) is 1.03. The average molecular weight is 372 g/mol. The summed E-state index contributed by atoms with van der Waals surface area (Å²) >= 11 is 0. The third-order valence-corrected chi connectivity index (χ3v) is 4.69. The number of likely N-dealkylation sites (tertiary alicyclic amines) is 1. The number of carbonyl (C=O) groups excluding carboxylic acids is 2. The van der Waals surface area contributed by atoms with Gasteiger partial charge in [0.15, 0.2) is 0 Å². The van der Waals surface area contributed by atoms with Crippen molar-refractivity contribution in [3.8, 4) is 11.4 Å². The number of methoxy groups -OCH3 is 1. The predicted molar refractivity (Wildman–Crippen MR) is 97.5 cm³/mol. The van der Waals surface area contributed by atoms with Crippen LogP contribution < -0.4 is 5.32 Å². The van der Waals surface area contributed by atoms with Crippen molar-refractivity contribution >= 4 is 11.8 Å². The maximum atomic E-state index is 12.4. The van der Waals surface area contributed by atoms with Crippen LogP contribution in [0.25, 0.3) is 11.4 Å². The lowest BCUT2D eigenvalue weighted by molar-refractivity contribution is -0.138. The molecule has 1 aromatic carbocycles. The van der Waals surface area contributed by atoms with E-state index in [1.807, 2.05) is 24.3 Å². The van der Waals surface area contributed by atoms with E-state index in [9.17, 15) is 9.59 Å². The van der Waals surface area contributed by atoms with Crippen LogP contribution in [0, 0.1) is 12.8 Å². The van der Waals surface area contributed by atoms with Gasteiger partial charge in [0.2, 0.25) is 23.5 Å². The number of aryl methyl sites for hydroxylation is 1. The number of piperidine rings is 1. The molecule has 2 aromatic rings. The molecule has 1 saturated heterocycles. The van der Waals surface area contributed by atoms with Crippen LogP contribution in [0.4, 0.5) is 0 Å². The van der Waals surface area contributed by atoms with E-state index >= 15 is 0 Å². The summed E-state index contributed by atoms with van der Waals surface area (Å²) in [6, 6.07) is 7.69. The van der Waals surface area contributed by atoms with Gasteiger partial charge in [-0.2, -0.15) is 4.98 Å². The zero-order valence-corrected chi connectivity index (χ0v) is 15.6. The van der Waals surface area contributed by atoms with Crippen LogP contribution in [-0.4, -0.2) is 53.7 Å². The van der Waals surface area contributed by atoms with Crippen molar-refractivity contribution in [2.24, 2.45) is 5.92 Å². The fourth-order valence-corrected chi connectivity index (χ4v) is 3.13. The molecule has 3 rings (SSSR count). The molecule has 0 radical (unpaired) electrons. The van der Waals surface area contributed by atoms with Crippen molar-refractivity contribution in [1.29, 1.82) is 0 Å². The standard InChI is InChI=1S/C19H24N4O4/c1-13-21-18(22-27-13)15-5-3-14(4-6-15)11-20-19(25)16-7-9-23(10-8-16)17(24)12-26-2/h3-6,16H,7-12H2,1-2H3,(H,20,25). The molecule has 27 heavy (non-hydrogen) atoms. The molecule has 0 bridgehead atoms. The zero-order chi connectivity index (χ0) is 19.2. The highest BCUT2D eigenvalue weighted by Gasteiger charge is 2.26. The third-order valence-electron chi connectivity index (χ3n) is 4.69. The van der Waals surface area contributed by atoms with Gasteiger partial charge in [-0.3, -0.25) is 9.59 Å². The third kappa shape index (κ3) is 4.91. The molecular weight excluding hydrogens is 348 g/mol. The Labute approximate surface area is 157 Å². The van der Waals surface area contributed by atoms with Crippen molar-refractivity contribution < 1.29 is 18.8 Å². The monoisotopic (exact) mass is 372 g/mol. The molecule has 8 nitrogen and oxygen atoms in total. The number of carbonyl (C=O) groups is 2. The van der Waals surface area contributed by atoms with Gasteiger partial charge in [-0.15, -0.1) is 0 Å². The molecule has 1 aliphatic heterocycles. The van der Waals surface area contributed by atoms with Crippen molar-refractivity contribution in [1.82, 2.24) is 20.4 Å². The summed E-state index contributed by atoms with van der Waals surface area (Å²) in [6.45, 7) is 3.50. The van der Waals surface area contributed by atoms with Crippen molar-refractivity contribution in [3.63, 3.8) is 0 Å². The van der Waals surface area contributed by atoms with Gasteiger partial charge in [-0.25, -0.2) is 0 Å². The molecule has 0 unspecified atom stereocenters. The molecule has 0 saturated carbocycles. The number of amides is 2. The molecule has 8 heteroatoms. The summed E-state index contributed by atoms with van der Waals surface area (Å²) < 4.78 is 9.85. The Morgan fingerprint density at radius 1 is 1.26 bits per heavy atom. The minimum absolute atomic E-state index is 0.0201. The zero-order valence-electron chi connectivity index (χ0n) is 15.6. The Balaban J connectivity index is 1.46. The largest absolute Gasteiger partial charge is 0.375 e. The Hall–Kier alpha value is -2.74. The van der Waals surface area contributed by atoms with E-state index in [2.05, 4.69) is 15.5 Å². The fraction of sp³-hybridized carbons (Fsp3) is 0.474. The smallest absolute Gasteiger partial charge is 0.248 e. The van der Waals surface area contributed by atoms with E-state index in [-0.39, 0.29) is 24.3 Å². The van der Waals surface area contributed by atoms with E-state index in [0.29, 0.717) is 44.2 Å². The molecule has 2 heterocycles. The molecule has 2 amide bonds. The molecule has 1 aliphatic rings. The van der Waals surface area contributed by atoms with Gasteiger partial charge in [0.05, 0.1) is 0 Å². The molecule has 1 N–H and O–H groups in total. The van der Waals surface area contributed by atoms with Gasteiger partial charge in [-0.1, -0.05) is 29.4 Å². The number of nitrogens with zero attached hydrogens (tertiary/aromatic N) is 3. The summed E-state index contributed by atoms with van der Waals surface area (Å²) in [5, 5.41) is 6.87. The molecule has 0 aliphatic carbocycles. The summed E-state index contributed by atoms with van der Waals surface area (Å²) in [7, 11) is 1.51. The average Bonchev–Trinajstić information content (AvgIpc) is 3.13. The van der Waals surface area contributed by atoms with E-state index in [4.69, 9.17) is 9.26 Å². The van der Waals surface area contributed by atoms with E-state index in [1.165, 1.54) is 7.11 Å². The van der Waals surface area contributed by atoms with Crippen LogP contribution in [0.2, 0.25) is 0 Å². The van der Waals surface area contributed by atoms with Gasteiger partial charge in [0.25, 0.3) is 0 Å². The Kier molecular flexibility index (Phi) is 6.18. The molecule has 0 spiro atoms. The molecule has 1 aromatic heterocycles. The number of ether oxygens (including phenoxy) is 1. The summed E-state index contributed by atoms with van der Waals surface area (Å²) in [4.78, 5) is 30.1. The van der Waals surface area contributed by atoms with Gasteiger partial charge >= 0.3 is 0 Å². The Morgan fingerprint density at radius 2 is 1.96 bits per heavy atom. The summed E-state index contributed by atoms with van der Waals surface area (Å²) in [6.07, 6.45) is 1.36. The van der Waals surface area contributed by atoms with Gasteiger partial charge in [-0.05, 0) is 18.4 Å². The second-order valence-corrected chi connectivity index (χ2v) is 6.64. The Bertz CT molecular complexity index is 779. The van der Waals surface area contributed by atoms with E-state index < -0.39 is 0 Å². The number of hydrogen-bond acceptors (Lipinski definition) is 6. The number of aromatic nitrogens is 2. The molecule has 144 valence electrons. The van der Waals surface area contributed by atoms with Crippen LogP contribution in [0.1, 0.15) is 24.3 Å². The molecular formula is C19H24N4O4. The SMILES string of the molecule is COCC(=O)N1CCC(C(=O)NCc2ccc(-c3noc(C)n3)cc2)CC1. The minimum Gasteiger partial charge on any atom is -0.375 e. The lowest BCUT2D eigenvalue weighted by Gasteiger charge is -2.31. The highest BCUT2D eigenvalue weighted by molar-refractivity contribution is 5.80. The number of nitrogens with one attached hydrogen (secondary N) is 1. The first kappa shape index (κ1) is 19.0. The van der Waals surface area contributed by atoms with Gasteiger partial charge < -0.3 is 19.5 Å². The maximum Gasteiger partial charge on any atom is 0.248 e. The summed E-state index contributed by atoms with van der Waals surface area (Å²) in [5.41, 5.74) is 1.87. The second kappa shape index (κ2) is 8.77.